The lowest BCUT2D eigenvalue weighted by Crippen LogP contribution is -2.51. The topological polar surface area (TPSA) is 50.2 Å². The summed E-state index contributed by atoms with van der Waals surface area (Å²) in [6.45, 7) is 4.65. The highest BCUT2D eigenvalue weighted by molar-refractivity contribution is 6.33. The number of aromatic nitrogens is 2. The molecule has 0 amide bonds. The van der Waals surface area contributed by atoms with Crippen LogP contribution in [0.25, 0.3) is 0 Å². The van der Waals surface area contributed by atoms with Gasteiger partial charge in [-0.05, 0) is 45.6 Å². The number of hydrogen-bond donors (Lipinski definition) is 1. The van der Waals surface area contributed by atoms with Crippen molar-refractivity contribution in [2.24, 2.45) is 5.92 Å². The third-order valence-electron chi connectivity index (χ3n) is 4.89. The zero-order chi connectivity index (χ0) is 15.0. The van der Waals surface area contributed by atoms with Gasteiger partial charge >= 0.3 is 0 Å². The monoisotopic (exact) mass is 310 g/mol. The molecule has 1 aromatic rings. The van der Waals surface area contributed by atoms with Crippen molar-refractivity contribution in [3.05, 3.63) is 21.6 Å². The van der Waals surface area contributed by atoms with Gasteiger partial charge in [-0.2, -0.15) is 5.10 Å². The van der Waals surface area contributed by atoms with Crippen LogP contribution in [0, 0.1) is 5.92 Å². The maximum Gasteiger partial charge on any atom is 0.291 e. The third-order valence-corrected chi connectivity index (χ3v) is 5.17. The molecule has 0 bridgehead atoms. The van der Waals surface area contributed by atoms with E-state index in [2.05, 4.69) is 22.2 Å². The molecule has 6 heteroatoms. The Bertz CT molecular complexity index is 574. The first kappa shape index (κ1) is 14.9. The van der Waals surface area contributed by atoms with Gasteiger partial charge in [-0.1, -0.05) is 11.6 Å². The van der Waals surface area contributed by atoms with E-state index in [0.717, 1.165) is 32.5 Å². The molecule has 0 atom stereocenters. The van der Waals surface area contributed by atoms with E-state index in [1.54, 1.807) is 10.9 Å². The summed E-state index contributed by atoms with van der Waals surface area (Å²) in [6.07, 6.45) is 6.04. The molecule has 2 aliphatic rings. The lowest BCUT2D eigenvalue weighted by atomic mass is 9.90. The maximum atomic E-state index is 12.6. The summed E-state index contributed by atoms with van der Waals surface area (Å²) in [6, 6.07) is 0. The van der Waals surface area contributed by atoms with Gasteiger partial charge < -0.3 is 10.2 Å². The van der Waals surface area contributed by atoms with Gasteiger partial charge in [0.25, 0.3) is 5.56 Å². The van der Waals surface area contributed by atoms with E-state index in [0.29, 0.717) is 16.6 Å². The van der Waals surface area contributed by atoms with Crippen LogP contribution in [0.15, 0.2) is 11.0 Å². The standard InChI is InChI=1S/C15H23ClN4O/c1-15(17-2)5-7-19(8-6-15)13-12(16)9-18-20(14(13)21)10-11-3-4-11/h9,11,17H,3-8,10H2,1-2H3. The van der Waals surface area contributed by atoms with Gasteiger partial charge in [0, 0.05) is 25.2 Å². The number of hydrogen-bond acceptors (Lipinski definition) is 4. The normalized spacial score (nSPS) is 21.6. The maximum absolute atomic E-state index is 12.6. The fraction of sp³-hybridized carbons (Fsp3) is 0.733. The van der Waals surface area contributed by atoms with E-state index < -0.39 is 0 Å². The average molecular weight is 311 g/mol. The van der Waals surface area contributed by atoms with Crippen LogP contribution < -0.4 is 15.8 Å². The minimum Gasteiger partial charge on any atom is -0.366 e. The van der Waals surface area contributed by atoms with Crippen molar-refractivity contribution in [1.82, 2.24) is 15.1 Å². The Morgan fingerprint density at radius 2 is 2.10 bits per heavy atom. The highest BCUT2D eigenvalue weighted by atomic mass is 35.5. The van der Waals surface area contributed by atoms with E-state index >= 15 is 0 Å². The third kappa shape index (κ3) is 3.09. The van der Waals surface area contributed by atoms with Crippen LogP contribution in [0.3, 0.4) is 0 Å². The predicted octanol–water partition coefficient (Wildman–Crippen LogP) is 1.88. The molecular weight excluding hydrogens is 288 g/mol. The number of halogens is 1. The molecule has 0 spiro atoms. The average Bonchev–Trinajstić information content (AvgIpc) is 3.28. The summed E-state index contributed by atoms with van der Waals surface area (Å²) in [5.74, 6) is 0.623. The molecule has 1 saturated heterocycles. The number of anilines is 1. The zero-order valence-corrected chi connectivity index (χ0v) is 13.5. The summed E-state index contributed by atoms with van der Waals surface area (Å²) in [7, 11) is 2.00. The van der Waals surface area contributed by atoms with Gasteiger partial charge in [-0.3, -0.25) is 4.79 Å². The largest absolute Gasteiger partial charge is 0.366 e. The second-order valence-corrected chi connectivity index (χ2v) is 6.98. The molecule has 1 aliphatic heterocycles. The van der Waals surface area contributed by atoms with E-state index in [9.17, 15) is 4.79 Å². The lowest BCUT2D eigenvalue weighted by molar-refractivity contribution is 0.304. The Morgan fingerprint density at radius 1 is 1.43 bits per heavy atom. The SMILES string of the molecule is CNC1(C)CCN(c2c(Cl)cnn(CC3CC3)c2=O)CC1. The van der Waals surface area contributed by atoms with Crippen molar-refractivity contribution in [2.75, 3.05) is 25.0 Å². The second kappa shape index (κ2) is 5.61. The van der Waals surface area contributed by atoms with Gasteiger partial charge in [-0.25, -0.2) is 4.68 Å². The molecular formula is C15H23ClN4O. The summed E-state index contributed by atoms with van der Waals surface area (Å²) < 4.78 is 1.59. The fourth-order valence-corrected chi connectivity index (χ4v) is 3.14. The first-order valence-corrected chi connectivity index (χ1v) is 8.10. The minimum atomic E-state index is -0.0394. The van der Waals surface area contributed by atoms with Gasteiger partial charge in [0.1, 0.15) is 5.69 Å². The molecule has 116 valence electrons. The molecule has 1 aromatic heterocycles. The molecule has 0 aromatic carbocycles. The van der Waals surface area contributed by atoms with Crippen molar-refractivity contribution >= 4 is 17.3 Å². The van der Waals surface area contributed by atoms with Gasteiger partial charge in [-0.15, -0.1) is 0 Å². The van der Waals surface area contributed by atoms with Crippen molar-refractivity contribution in [2.45, 2.75) is 44.7 Å². The van der Waals surface area contributed by atoms with Crippen LogP contribution in [0.1, 0.15) is 32.6 Å². The smallest absolute Gasteiger partial charge is 0.291 e. The van der Waals surface area contributed by atoms with Crippen molar-refractivity contribution in [3.63, 3.8) is 0 Å². The van der Waals surface area contributed by atoms with Crippen molar-refractivity contribution < 1.29 is 0 Å². The van der Waals surface area contributed by atoms with E-state index in [1.165, 1.54) is 12.8 Å². The minimum absolute atomic E-state index is 0.0394. The van der Waals surface area contributed by atoms with Crippen LogP contribution in [0.4, 0.5) is 5.69 Å². The highest BCUT2D eigenvalue weighted by Gasteiger charge is 2.31. The van der Waals surface area contributed by atoms with Crippen LogP contribution >= 0.6 is 11.6 Å². The quantitative estimate of drug-likeness (QED) is 0.922. The van der Waals surface area contributed by atoms with Crippen LogP contribution in [0.2, 0.25) is 5.02 Å². The zero-order valence-electron chi connectivity index (χ0n) is 12.7. The Kier molecular flexibility index (Phi) is 3.97. The van der Waals surface area contributed by atoms with Crippen molar-refractivity contribution in [3.8, 4) is 0 Å². The fourth-order valence-electron chi connectivity index (χ4n) is 2.89. The van der Waals surface area contributed by atoms with Gasteiger partial charge in [0.2, 0.25) is 0 Å². The first-order chi connectivity index (χ1) is 10.0. The Labute approximate surface area is 130 Å². The number of piperidine rings is 1. The molecule has 2 heterocycles. The molecule has 5 nitrogen and oxygen atoms in total. The summed E-state index contributed by atoms with van der Waals surface area (Å²) >= 11 is 6.26. The molecule has 1 aliphatic carbocycles. The summed E-state index contributed by atoms with van der Waals surface area (Å²) in [5.41, 5.74) is 0.746. The summed E-state index contributed by atoms with van der Waals surface area (Å²) in [5, 5.41) is 8.04. The number of rotatable bonds is 4. The van der Waals surface area contributed by atoms with Crippen LogP contribution in [0.5, 0.6) is 0 Å². The molecule has 1 N–H and O–H groups in total. The van der Waals surface area contributed by atoms with Crippen LogP contribution in [-0.2, 0) is 6.54 Å². The second-order valence-electron chi connectivity index (χ2n) is 6.57. The Morgan fingerprint density at radius 3 is 2.67 bits per heavy atom. The van der Waals surface area contributed by atoms with Gasteiger partial charge in [0.15, 0.2) is 0 Å². The predicted molar refractivity (Wildman–Crippen MR) is 85.1 cm³/mol. The lowest BCUT2D eigenvalue weighted by Gasteiger charge is -2.40. The van der Waals surface area contributed by atoms with E-state index in [1.807, 2.05) is 7.05 Å². The Hall–Kier alpha value is -1.07. The number of nitrogens with one attached hydrogen (secondary N) is 1. The molecule has 21 heavy (non-hydrogen) atoms. The highest BCUT2D eigenvalue weighted by Crippen LogP contribution is 2.31. The molecule has 0 radical (unpaired) electrons. The van der Waals surface area contributed by atoms with E-state index in [-0.39, 0.29) is 11.1 Å². The summed E-state index contributed by atoms with van der Waals surface area (Å²) in [4.78, 5) is 14.8. The van der Waals surface area contributed by atoms with Gasteiger partial charge in [0.05, 0.1) is 11.2 Å². The van der Waals surface area contributed by atoms with Crippen LogP contribution in [-0.4, -0.2) is 35.5 Å². The first-order valence-electron chi connectivity index (χ1n) is 7.72. The number of nitrogens with zero attached hydrogens (tertiary/aromatic N) is 3. The molecule has 0 unspecified atom stereocenters. The Balaban J connectivity index is 1.83. The molecule has 2 fully saturated rings. The van der Waals surface area contributed by atoms with E-state index in [4.69, 9.17) is 11.6 Å². The van der Waals surface area contributed by atoms with Crippen molar-refractivity contribution in [1.29, 1.82) is 0 Å². The molecule has 1 saturated carbocycles. The molecule has 3 rings (SSSR count).